The number of methoxy groups -OCH3 is 1. The number of H-pyrrole nitrogens is 1. The lowest BCUT2D eigenvalue weighted by Crippen LogP contribution is -2.50. The summed E-state index contributed by atoms with van der Waals surface area (Å²) in [7, 11) is 1.16. The highest BCUT2D eigenvalue weighted by atomic mass is 32.1. The zero-order valence-corrected chi connectivity index (χ0v) is 10.8. The zero-order valence-electron chi connectivity index (χ0n) is 10.0. The van der Waals surface area contributed by atoms with Crippen LogP contribution in [0.1, 0.15) is 6.23 Å². The van der Waals surface area contributed by atoms with Crippen molar-refractivity contribution in [3.05, 3.63) is 27.4 Å². The van der Waals surface area contributed by atoms with Crippen molar-refractivity contribution >= 4 is 12.2 Å². The molecule has 106 valence electrons. The quantitative estimate of drug-likeness (QED) is 0.395. The van der Waals surface area contributed by atoms with Gasteiger partial charge in [0.2, 0.25) is 5.79 Å². The third kappa shape index (κ3) is 2.24. The molecule has 0 spiro atoms. The molecule has 2 heterocycles. The first-order chi connectivity index (χ1) is 8.93. The van der Waals surface area contributed by atoms with Crippen molar-refractivity contribution in [2.24, 2.45) is 0 Å². The number of aromatic amines is 1. The van der Waals surface area contributed by atoms with E-state index < -0.39 is 36.5 Å². The number of nitrogens with zero attached hydrogens (tertiary/aromatic N) is 1. The van der Waals surface area contributed by atoms with Crippen LogP contribution >= 0.6 is 12.2 Å². The lowest BCUT2D eigenvalue weighted by molar-refractivity contribution is -0.265. The highest BCUT2D eigenvalue weighted by molar-refractivity contribution is 7.71. The molecule has 0 bridgehead atoms. The monoisotopic (exact) mass is 290 g/mol. The fourth-order valence-corrected chi connectivity index (χ4v) is 2.14. The number of ether oxygens (including phenoxy) is 2. The van der Waals surface area contributed by atoms with Gasteiger partial charge in [0.05, 0.1) is 6.61 Å². The first kappa shape index (κ1) is 14.3. The molecule has 19 heavy (non-hydrogen) atoms. The molecule has 1 aromatic rings. The van der Waals surface area contributed by atoms with E-state index in [4.69, 9.17) is 26.8 Å². The largest absolute Gasteiger partial charge is 0.394 e. The van der Waals surface area contributed by atoms with Crippen LogP contribution in [0.4, 0.5) is 0 Å². The average Bonchev–Trinajstić information content (AvgIpc) is 2.63. The van der Waals surface area contributed by atoms with Gasteiger partial charge in [0.1, 0.15) is 16.8 Å². The summed E-state index contributed by atoms with van der Waals surface area (Å²) in [4.78, 5) is 14.1. The fourth-order valence-electron chi connectivity index (χ4n) is 1.99. The number of rotatable bonds is 3. The van der Waals surface area contributed by atoms with Gasteiger partial charge in [-0.05, 0) is 6.07 Å². The summed E-state index contributed by atoms with van der Waals surface area (Å²) in [5, 5.41) is 29.2. The van der Waals surface area contributed by atoms with Gasteiger partial charge in [-0.1, -0.05) is 12.2 Å². The third-order valence-corrected chi connectivity index (χ3v) is 3.28. The van der Waals surface area contributed by atoms with Crippen molar-refractivity contribution in [2.75, 3.05) is 13.7 Å². The Labute approximate surface area is 112 Å². The second kappa shape index (κ2) is 5.12. The maximum atomic E-state index is 11.8. The first-order valence-corrected chi connectivity index (χ1v) is 5.88. The molecule has 1 saturated heterocycles. The Bertz CT molecular complexity index is 572. The van der Waals surface area contributed by atoms with E-state index in [2.05, 4.69) is 4.98 Å². The van der Waals surface area contributed by atoms with Gasteiger partial charge in [-0.15, -0.1) is 0 Å². The van der Waals surface area contributed by atoms with Gasteiger partial charge in [-0.25, -0.2) is 4.79 Å². The van der Waals surface area contributed by atoms with Gasteiger partial charge in [0, 0.05) is 13.3 Å². The average molecular weight is 290 g/mol. The standard InChI is InChI=1S/C10H14N2O6S/c1-17-10(16)7(14)5(4-13)18-8(10)12-3-2-6(19)11-9(12)15/h2-3,5,7-8,13-14,16H,4H2,1H3,(H,11,15,19)/t5-,7-,8-,10+/m1/s1. The normalized spacial score (nSPS) is 34.6. The van der Waals surface area contributed by atoms with E-state index in [1.54, 1.807) is 0 Å². The lowest BCUT2D eigenvalue weighted by Gasteiger charge is -2.29. The molecule has 2 rings (SSSR count). The Morgan fingerprint density at radius 2 is 2.37 bits per heavy atom. The summed E-state index contributed by atoms with van der Waals surface area (Å²) >= 11 is 4.80. The van der Waals surface area contributed by atoms with Gasteiger partial charge < -0.3 is 24.8 Å². The van der Waals surface area contributed by atoms with Crippen LogP contribution < -0.4 is 5.69 Å². The summed E-state index contributed by atoms with van der Waals surface area (Å²) in [6.45, 7) is -0.527. The number of aliphatic hydroxyl groups excluding tert-OH is 2. The second-order valence-electron chi connectivity index (χ2n) is 4.13. The SMILES string of the molecule is CO[C@@]1(O)[C@H](O)[C@@H](CO)O[C@H]1n1ccc(=S)[nH]c1=O. The van der Waals surface area contributed by atoms with Gasteiger partial charge in [-0.2, -0.15) is 0 Å². The van der Waals surface area contributed by atoms with Crippen LogP contribution in [0.3, 0.4) is 0 Å². The van der Waals surface area contributed by atoms with Crippen LogP contribution in [-0.2, 0) is 9.47 Å². The second-order valence-corrected chi connectivity index (χ2v) is 4.57. The molecule has 0 unspecified atom stereocenters. The fraction of sp³-hybridized carbons (Fsp3) is 0.600. The minimum Gasteiger partial charge on any atom is -0.394 e. The molecule has 0 aromatic carbocycles. The molecule has 1 aromatic heterocycles. The van der Waals surface area contributed by atoms with Crippen LogP contribution in [0.2, 0.25) is 0 Å². The minimum atomic E-state index is -2.14. The minimum absolute atomic E-state index is 0.222. The van der Waals surface area contributed by atoms with E-state index in [0.717, 1.165) is 11.7 Å². The molecule has 0 amide bonds. The Hall–Kier alpha value is -1.10. The number of nitrogens with one attached hydrogen (secondary N) is 1. The number of aromatic nitrogens is 2. The molecule has 1 aliphatic heterocycles. The smallest absolute Gasteiger partial charge is 0.328 e. The Morgan fingerprint density at radius 3 is 2.89 bits per heavy atom. The van der Waals surface area contributed by atoms with Crippen LogP contribution in [0.15, 0.2) is 17.1 Å². The van der Waals surface area contributed by atoms with Gasteiger partial charge in [0.15, 0.2) is 6.23 Å². The molecule has 0 saturated carbocycles. The van der Waals surface area contributed by atoms with E-state index in [1.807, 2.05) is 0 Å². The first-order valence-electron chi connectivity index (χ1n) is 5.47. The van der Waals surface area contributed by atoms with Crippen molar-refractivity contribution in [3.63, 3.8) is 0 Å². The summed E-state index contributed by atoms with van der Waals surface area (Å²) in [5.74, 6) is -2.14. The maximum Gasteiger partial charge on any atom is 0.328 e. The molecule has 0 aliphatic carbocycles. The summed E-state index contributed by atoms with van der Waals surface area (Å²) < 4.78 is 11.4. The molecule has 0 radical (unpaired) electrons. The highest BCUT2D eigenvalue weighted by Crippen LogP contribution is 2.37. The van der Waals surface area contributed by atoms with Crippen LogP contribution in [0.25, 0.3) is 0 Å². The Morgan fingerprint density at radius 1 is 1.68 bits per heavy atom. The van der Waals surface area contributed by atoms with Crippen molar-refractivity contribution in [2.45, 2.75) is 24.2 Å². The molecular weight excluding hydrogens is 276 g/mol. The molecular formula is C10H14N2O6S. The maximum absolute atomic E-state index is 11.8. The third-order valence-electron chi connectivity index (χ3n) is 3.04. The van der Waals surface area contributed by atoms with Crippen molar-refractivity contribution < 1.29 is 24.8 Å². The van der Waals surface area contributed by atoms with Gasteiger partial charge >= 0.3 is 5.69 Å². The number of hydrogen-bond acceptors (Lipinski definition) is 7. The van der Waals surface area contributed by atoms with E-state index in [1.165, 1.54) is 12.3 Å². The summed E-state index contributed by atoms with van der Waals surface area (Å²) in [6, 6.07) is 1.43. The van der Waals surface area contributed by atoms with Crippen molar-refractivity contribution in [1.82, 2.24) is 9.55 Å². The Kier molecular flexibility index (Phi) is 3.85. The van der Waals surface area contributed by atoms with Crippen molar-refractivity contribution in [1.29, 1.82) is 0 Å². The molecule has 9 heteroatoms. The van der Waals surface area contributed by atoms with Crippen LogP contribution in [0, 0.1) is 4.64 Å². The molecule has 4 N–H and O–H groups in total. The molecule has 8 nitrogen and oxygen atoms in total. The molecule has 1 aliphatic rings. The van der Waals surface area contributed by atoms with E-state index >= 15 is 0 Å². The van der Waals surface area contributed by atoms with Gasteiger partial charge in [0.25, 0.3) is 0 Å². The predicted molar refractivity (Wildman–Crippen MR) is 64.8 cm³/mol. The molecule has 1 fully saturated rings. The number of hydrogen-bond donors (Lipinski definition) is 4. The zero-order chi connectivity index (χ0) is 14.2. The van der Waals surface area contributed by atoms with Gasteiger partial charge in [-0.3, -0.25) is 9.55 Å². The van der Waals surface area contributed by atoms with E-state index in [-0.39, 0.29) is 4.64 Å². The number of aliphatic hydroxyl groups is 3. The van der Waals surface area contributed by atoms with Crippen LogP contribution in [0.5, 0.6) is 0 Å². The van der Waals surface area contributed by atoms with Crippen LogP contribution in [-0.4, -0.2) is 56.6 Å². The topological polar surface area (TPSA) is 117 Å². The predicted octanol–water partition coefficient (Wildman–Crippen LogP) is -1.51. The van der Waals surface area contributed by atoms with E-state index in [9.17, 15) is 15.0 Å². The Balaban J connectivity index is 2.48. The summed E-state index contributed by atoms with van der Waals surface area (Å²) in [6.07, 6.45) is -2.56. The summed E-state index contributed by atoms with van der Waals surface area (Å²) in [5.41, 5.74) is -0.626. The lowest BCUT2D eigenvalue weighted by atomic mass is 10.1. The van der Waals surface area contributed by atoms with E-state index in [0.29, 0.717) is 0 Å². The van der Waals surface area contributed by atoms with Crippen molar-refractivity contribution in [3.8, 4) is 0 Å². The highest BCUT2D eigenvalue weighted by Gasteiger charge is 2.57. The molecule has 4 atom stereocenters.